The van der Waals surface area contributed by atoms with Gasteiger partial charge in [0.2, 0.25) is 5.91 Å². The maximum absolute atomic E-state index is 13.5. The number of hydrogen-bond acceptors (Lipinski definition) is 4. The van der Waals surface area contributed by atoms with Crippen LogP contribution in [0.3, 0.4) is 0 Å². The molecular weight excluding hydrogens is 351 g/mol. The summed E-state index contributed by atoms with van der Waals surface area (Å²) in [5.41, 5.74) is 0.0640. The fourth-order valence-electron chi connectivity index (χ4n) is 2.85. The minimum atomic E-state index is -0.632. The Kier molecular flexibility index (Phi) is 7.18. The van der Waals surface area contributed by atoms with Gasteiger partial charge in [-0.05, 0) is 51.3 Å². The van der Waals surface area contributed by atoms with E-state index in [1.54, 1.807) is 37.8 Å². The van der Waals surface area contributed by atoms with Gasteiger partial charge in [0, 0.05) is 26.7 Å². The minimum absolute atomic E-state index is 0.0330. The van der Waals surface area contributed by atoms with Crippen LogP contribution in [0.4, 0.5) is 9.18 Å². The second-order valence-corrected chi connectivity index (χ2v) is 7.88. The standard InChI is InChI=1S/C20H29FN2O4/c1-20(2,3)27-19(25)22(4)14-18(24)23(13-17-9-6-10-26-17)12-15-7-5-8-16(21)11-15/h5,7-8,11,17H,6,9-10,12-14H2,1-4H3. The average Bonchev–Trinajstić information content (AvgIpc) is 3.05. The lowest BCUT2D eigenvalue weighted by Crippen LogP contribution is -2.44. The summed E-state index contributed by atoms with van der Waals surface area (Å²) < 4.78 is 24.4. The summed E-state index contributed by atoms with van der Waals surface area (Å²) in [4.78, 5) is 27.8. The van der Waals surface area contributed by atoms with Crippen molar-refractivity contribution in [2.45, 2.75) is 51.9 Å². The molecule has 0 bridgehead atoms. The predicted molar refractivity (Wildman–Crippen MR) is 99.7 cm³/mol. The molecule has 1 heterocycles. The van der Waals surface area contributed by atoms with Crippen LogP contribution in [0.2, 0.25) is 0 Å². The molecule has 1 aromatic carbocycles. The van der Waals surface area contributed by atoms with Gasteiger partial charge in [0.1, 0.15) is 18.0 Å². The van der Waals surface area contributed by atoms with E-state index in [1.807, 2.05) is 0 Å². The third kappa shape index (κ3) is 7.17. The predicted octanol–water partition coefficient (Wildman–Crippen LogP) is 3.20. The monoisotopic (exact) mass is 380 g/mol. The van der Waals surface area contributed by atoms with E-state index in [-0.39, 0.29) is 30.9 Å². The van der Waals surface area contributed by atoms with Crippen LogP contribution >= 0.6 is 0 Å². The fraction of sp³-hybridized carbons (Fsp3) is 0.600. The summed E-state index contributed by atoms with van der Waals surface area (Å²) in [5.74, 6) is -0.578. The Labute approximate surface area is 160 Å². The van der Waals surface area contributed by atoms with Crippen molar-refractivity contribution in [1.82, 2.24) is 9.80 Å². The van der Waals surface area contributed by atoms with Gasteiger partial charge in [-0.1, -0.05) is 12.1 Å². The highest BCUT2D eigenvalue weighted by Gasteiger charge is 2.26. The third-order valence-corrected chi connectivity index (χ3v) is 4.14. The number of nitrogens with zero attached hydrogens (tertiary/aromatic N) is 2. The Morgan fingerprint density at radius 3 is 2.67 bits per heavy atom. The Hall–Kier alpha value is -2.15. The first-order valence-electron chi connectivity index (χ1n) is 9.22. The van der Waals surface area contributed by atoms with Gasteiger partial charge >= 0.3 is 6.09 Å². The highest BCUT2D eigenvalue weighted by Crippen LogP contribution is 2.16. The van der Waals surface area contributed by atoms with Gasteiger partial charge in [0.05, 0.1) is 6.10 Å². The molecule has 27 heavy (non-hydrogen) atoms. The number of carbonyl (C=O) groups excluding carboxylic acids is 2. The minimum Gasteiger partial charge on any atom is -0.444 e. The van der Waals surface area contributed by atoms with E-state index in [2.05, 4.69) is 0 Å². The molecular formula is C20H29FN2O4. The first kappa shape index (κ1) is 21.2. The number of carbonyl (C=O) groups is 2. The molecule has 1 aliphatic rings. The van der Waals surface area contributed by atoms with Crippen LogP contribution in [0.15, 0.2) is 24.3 Å². The number of ether oxygens (including phenoxy) is 2. The summed E-state index contributed by atoms with van der Waals surface area (Å²) >= 11 is 0. The molecule has 1 atom stereocenters. The van der Waals surface area contributed by atoms with E-state index < -0.39 is 11.7 Å². The van der Waals surface area contributed by atoms with Gasteiger partial charge < -0.3 is 19.3 Å². The normalized spacial score (nSPS) is 16.9. The second kappa shape index (κ2) is 9.17. The molecule has 7 heteroatoms. The molecule has 1 fully saturated rings. The number of halogens is 1. The van der Waals surface area contributed by atoms with Crippen molar-refractivity contribution in [3.8, 4) is 0 Å². The topological polar surface area (TPSA) is 59.1 Å². The van der Waals surface area contributed by atoms with Crippen molar-refractivity contribution in [3.63, 3.8) is 0 Å². The molecule has 1 saturated heterocycles. The van der Waals surface area contributed by atoms with Gasteiger partial charge in [-0.3, -0.25) is 4.79 Å². The molecule has 0 aromatic heterocycles. The molecule has 1 aliphatic heterocycles. The van der Waals surface area contributed by atoms with Crippen molar-refractivity contribution >= 4 is 12.0 Å². The Morgan fingerprint density at radius 1 is 1.33 bits per heavy atom. The van der Waals surface area contributed by atoms with Crippen molar-refractivity contribution in [2.24, 2.45) is 0 Å². The van der Waals surface area contributed by atoms with E-state index in [0.717, 1.165) is 12.8 Å². The highest BCUT2D eigenvalue weighted by molar-refractivity contribution is 5.82. The second-order valence-electron chi connectivity index (χ2n) is 7.88. The maximum Gasteiger partial charge on any atom is 0.410 e. The summed E-state index contributed by atoms with van der Waals surface area (Å²) in [6.07, 6.45) is 1.26. The first-order chi connectivity index (χ1) is 12.6. The lowest BCUT2D eigenvalue weighted by Gasteiger charge is -2.29. The van der Waals surface area contributed by atoms with Gasteiger partial charge in [-0.2, -0.15) is 0 Å². The van der Waals surface area contributed by atoms with Crippen molar-refractivity contribution in [3.05, 3.63) is 35.6 Å². The Bertz CT molecular complexity index is 654. The number of hydrogen-bond donors (Lipinski definition) is 0. The van der Waals surface area contributed by atoms with Crippen LogP contribution in [0.5, 0.6) is 0 Å². The quantitative estimate of drug-likeness (QED) is 0.760. The smallest absolute Gasteiger partial charge is 0.410 e. The van der Waals surface area contributed by atoms with E-state index in [4.69, 9.17) is 9.47 Å². The number of benzene rings is 1. The first-order valence-corrected chi connectivity index (χ1v) is 9.22. The molecule has 6 nitrogen and oxygen atoms in total. The SMILES string of the molecule is CN(CC(=O)N(Cc1cccc(F)c1)CC1CCCO1)C(=O)OC(C)(C)C. The zero-order valence-corrected chi connectivity index (χ0v) is 16.5. The molecule has 1 unspecified atom stereocenters. The summed E-state index contributed by atoms with van der Waals surface area (Å²) in [6, 6.07) is 6.17. The lowest BCUT2D eigenvalue weighted by atomic mass is 10.1. The van der Waals surface area contributed by atoms with Crippen LogP contribution in [-0.4, -0.2) is 60.2 Å². The maximum atomic E-state index is 13.5. The molecule has 0 saturated carbocycles. The van der Waals surface area contributed by atoms with Crippen LogP contribution in [0.25, 0.3) is 0 Å². The number of amides is 2. The van der Waals surface area contributed by atoms with Gasteiger partial charge in [-0.25, -0.2) is 9.18 Å². The zero-order valence-electron chi connectivity index (χ0n) is 16.5. The third-order valence-electron chi connectivity index (χ3n) is 4.14. The zero-order chi connectivity index (χ0) is 20.0. The van der Waals surface area contributed by atoms with Crippen LogP contribution in [-0.2, 0) is 20.8 Å². The largest absolute Gasteiger partial charge is 0.444 e. The van der Waals surface area contributed by atoms with Crippen molar-refractivity contribution in [1.29, 1.82) is 0 Å². The molecule has 0 aliphatic carbocycles. The Morgan fingerprint density at radius 2 is 2.07 bits per heavy atom. The molecule has 0 radical (unpaired) electrons. The molecule has 2 rings (SSSR count). The number of likely N-dealkylation sites (N-methyl/N-ethyl adjacent to an activating group) is 1. The molecule has 150 valence electrons. The molecule has 2 amide bonds. The van der Waals surface area contributed by atoms with Crippen LogP contribution in [0, 0.1) is 5.82 Å². The van der Waals surface area contributed by atoms with E-state index in [0.29, 0.717) is 18.7 Å². The highest BCUT2D eigenvalue weighted by atomic mass is 19.1. The summed E-state index contributed by atoms with van der Waals surface area (Å²) in [6.45, 7) is 6.56. The molecule has 0 spiro atoms. The van der Waals surface area contributed by atoms with Crippen LogP contribution in [0.1, 0.15) is 39.2 Å². The lowest BCUT2D eigenvalue weighted by molar-refractivity contribution is -0.134. The average molecular weight is 380 g/mol. The summed E-state index contributed by atoms with van der Waals surface area (Å²) in [7, 11) is 1.53. The van der Waals surface area contributed by atoms with Crippen molar-refractivity contribution < 1.29 is 23.5 Å². The Balaban J connectivity index is 2.04. The van der Waals surface area contributed by atoms with E-state index >= 15 is 0 Å². The van der Waals surface area contributed by atoms with Gasteiger partial charge in [0.25, 0.3) is 0 Å². The van der Waals surface area contributed by atoms with Gasteiger partial charge in [0.15, 0.2) is 0 Å². The number of rotatable bonds is 6. The van der Waals surface area contributed by atoms with Gasteiger partial charge in [-0.15, -0.1) is 0 Å². The molecule has 1 aromatic rings. The van der Waals surface area contributed by atoms with E-state index in [9.17, 15) is 14.0 Å². The summed E-state index contributed by atoms with van der Waals surface area (Å²) in [5, 5.41) is 0. The fourth-order valence-corrected chi connectivity index (χ4v) is 2.85. The van der Waals surface area contributed by atoms with Crippen LogP contribution < -0.4 is 0 Å². The van der Waals surface area contributed by atoms with E-state index in [1.165, 1.54) is 24.1 Å². The molecule has 0 N–H and O–H groups in total. The van der Waals surface area contributed by atoms with Crippen molar-refractivity contribution in [2.75, 3.05) is 26.7 Å².